The molecule has 600 valence electrons. The molecule has 19 heteroatoms. The first kappa shape index (κ1) is 99.1. The van der Waals surface area contributed by atoms with Crippen LogP contribution >= 0.6 is 15.6 Å². The molecule has 0 rings (SSSR count). The van der Waals surface area contributed by atoms with E-state index < -0.39 is 97.5 Å². The summed E-state index contributed by atoms with van der Waals surface area (Å²) in [4.78, 5) is 72.8. The first-order chi connectivity index (χ1) is 49.0. The standard InChI is InChI=1S/C82H160O17P2/c1-6-9-12-15-17-19-21-23-25-27-29-30-31-33-35-40-44-48-52-57-63-68-82(87)99-78(72-93-80(85)66-61-56-51-47-43-39-34-32-28-26-24-22-20-18-16-13-10-7-2)74-97-101(90,91)95-70-76(83)69-94-100(88,89)96-73-77(71-92-79(84)65-60-54-14-11-8-3)98-81(86)67-62-58-53-49-45-41-37-36-38-42-46-50-55-59-64-75(4)5/h75-78,83H,6-74H2,1-5H3,(H,88,89)(H,90,91)/t76-,77+,78+/m0/s1. The van der Waals surface area contributed by atoms with E-state index >= 15 is 0 Å². The minimum Gasteiger partial charge on any atom is -0.462 e. The number of hydrogen-bond acceptors (Lipinski definition) is 15. The largest absolute Gasteiger partial charge is 0.472 e. The van der Waals surface area contributed by atoms with E-state index in [0.717, 1.165) is 102 Å². The number of carbonyl (C=O) groups excluding carboxylic acids is 4. The van der Waals surface area contributed by atoms with E-state index in [2.05, 4.69) is 34.6 Å². The molecule has 0 bridgehead atoms. The van der Waals surface area contributed by atoms with Crippen molar-refractivity contribution in [3.8, 4) is 0 Å². The number of phosphoric ester groups is 2. The van der Waals surface area contributed by atoms with Crippen molar-refractivity contribution in [2.45, 2.75) is 457 Å². The Labute approximate surface area is 619 Å². The average Bonchev–Trinajstić information content (AvgIpc) is 1.04. The lowest BCUT2D eigenvalue weighted by atomic mass is 10.0. The van der Waals surface area contributed by atoms with E-state index in [1.54, 1.807) is 0 Å². The van der Waals surface area contributed by atoms with E-state index in [0.29, 0.717) is 25.7 Å². The molecule has 101 heavy (non-hydrogen) atoms. The maximum Gasteiger partial charge on any atom is 0.472 e. The number of aliphatic hydroxyl groups excluding tert-OH is 1. The average molecular weight is 1480 g/mol. The van der Waals surface area contributed by atoms with Crippen molar-refractivity contribution in [1.82, 2.24) is 0 Å². The summed E-state index contributed by atoms with van der Waals surface area (Å²) in [5.74, 6) is -1.32. The van der Waals surface area contributed by atoms with Gasteiger partial charge in [0.1, 0.15) is 19.3 Å². The number of ether oxygens (including phenoxy) is 4. The SMILES string of the molecule is CCCCCCCCCCCCCCCCCCCCCCCC(=O)O[C@H](COC(=O)CCCCCCCCCCCCCCCCCCCC)COP(=O)(O)OC[C@@H](O)COP(=O)(O)OC[C@@H](COC(=O)CCCCCCC)OC(=O)CCCCCCCCCCCCCCCCC(C)C. The minimum absolute atomic E-state index is 0.107. The van der Waals surface area contributed by atoms with E-state index in [9.17, 15) is 43.2 Å². The van der Waals surface area contributed by atoms with Crippen LogP contribution in [-0.2, 0) is 65.4 Å². The van der Waals surface area contributed by atoms with Crippen molar-refractivity contribution < 1.29 is 80.2 Å². The van der Waals surface area contributed by atoms with E-state index in [4.69, 9.17) is 37.0 Å². The van der Waals surface area contributed by atoms with Crippen LogP contribution in [0.15, 0.2) is 0 Å². The fourth-order valence-corrected chi connectivity index (χ4v) is 14.3. The predicted molar refractivity (Wildman–Crippen MR) is 414 cm³/mol. The molecule has 0 spiro atoms. The Balaban J connectivity index is 5.11. The summed E-state index contributed by atoms with van der Waals surface area (Å²) in [5, 5.41) is 10.6. The summed E-state index contributed by atoms with van der Waals surface area (Å²) < 4.78 is 68.5. The summed E-state index contributed by atoms with van der Waals surface area (Å²) in [6, 6.07) is 0. The highest BCUT2D eigenvalue weighted by Gasteiger charge is 2.30. The molecule has 0 aromatic rings. The van der Waals surface area contributed by atoms with Crippen LogP contribution in [0.1, 0.15) is 439 Å². The number of esters is 4. The maximum absolute atomic E-state index is 13.1. The van der Waals surface area contributed by atoms with Gasteiger partial charge in [0.2, 0.25) is 0 Å². The van der Waals surface area contributed by atoms with Crippen LogP contribution in [0.3, 0.4) is 0 Å². The summed E-state index contributed by atoms with van der Waals surface area (Å²) in [7, 11) is -9.91. The number of carbonyl (C=O) groups is 4. The quantitative estimate of drug-likeness (QED) is 0.0222. The lowest BCUT2D eigenvalue weighted by Gasteiger charge is -2.21. The summed E-state index contributed by atoms with van der Waals surface area (Å²) >= 11 is 0. The van der Waals surface area contributed by atoms with Gasteiger partial charge in [-0.05, 0) is 31.6 Å². The molecule has 0 saturated carbocycles. The zero-order valence-electron chi connectivity index (χ0n) is 66.1. The van der Waals surface area contributed by atoms with Crippen LogP contribution in [0.2, 0.25) is 0 Å². The molecule has 0 saturated heterocycles. The van der Waals surface area contributed by atoms with Gasteiger partial charge in [-0.25, -0.2) is 9.13 Å². The molecular weight excluding hydrogens is 1320 g/mol. The van der Waals surface area contributed by atoms with Crippen molar-refractivity contribution in [2.24, 2.45) is 5.92 Å². The molecule has 0 heterocycles. The van der Waals surface area contributed by atoms with Gasteiger partial charge in [-0.15, -0.1) is 0 Å². The molecule has 0 aliphatic heterocycles. The van der Waals surface area contributed by atoms with Crippen molar-refractivity contribution in [3.63, 3.8) is 0 Å². The Bertz CT molecular complexity index is 1930. The Morgan fingerprint density at radius 2 is 0.455 bits per heavy atom. The first-order valence-electron chi connectivity index (χ1n) is 42.6. The fraction of sp³-hybridized carbons (Fsp3) is 0.951. The van der Waals surface area contributed by atoms with Crippen LogP contribution < -0.4 is 0 Å². The summed E-state index contributed by atoms with van der Waals surface area (Å²) in [5.41, 5.74) is 0. The molecule has 2 unspecified atom stereocenters. The van der Waals surface area contributed by atoms with Crippen LogP contribution in [0.4, 0.5) is 0 Å². The monoisotopic (exact) mass is 1480 g/mol. The molecule has 17 nitrogen and oxygen atoms in total. The highest BCUT2D eigenvalue weighted by molar-refractivity contribution is 7.47. The van der Waals surface area contributed by atoms with Gasteiger partial charge in [0, 0.05) is 25.7 Å². The van der Waals surface area contributed by atoms with Crippen LogP contribution in [0.5, 0.6) is 0 Å². The molecule has 3 N–H and O–H groups in total. The Morgan fingerprint density at radius 1 is 0.267 bits per heavy atom. The minimum atomic E-state index is -4.96. The zero-order valence-corrected chi connectivity index (χ0v) is 67.8. The number of unbranched alkanes of at least 4 members (excludes halogenated alkanes) is 54. The lowest BCUT2D eigenvalue weighted by molar-refractivity contribution is -0.161. The third kappa shape index (κ3) is 76.1. The number of rotatable bonds is 82. The molecule has 0 radical (unpaired) electrons. The third-order valence-corrected chi connectivity index (χ3v) is 21.2. The Morgan fingerprint density at radius 3 is 0.673 bits per heavy atom. The maximum atomic E-state index is 13.1. The van der Waals surface area contributed by atoms with E-state index in [1.807, 2.05) is 0 Å². The lowest BCUT2D eigenvalue weighted by Crippen LogP contribution is -2.30. The summed E-state index contributed by atoms with van der Waals surface area (Å²) in [6.45, 7) is 7.27. The van der Waals surface area contributed by atoms with Crippen LogP contribution in [-0.4, -0.2) is 96.7 Å². The molecule has 0 amide bonds. The van der Waals surface area contributed by atoms with E-state index in [1.165, 1.54) is 257 Å². The second kappa shape index (κ2) is 74.9. The number of phosphoric acid groups is 2. The molecule has 0 fully saturated rings. The third-order valence-electron chi connectivity index (χ3n) is 19.3. The summed E-state index contributed by atoms with van der Waals surface area (Å²) in [6.07, 6.45) is 67.2. The van der Waals surface area contributed by atoms with Crippen molar-refractivity contribution >= 4 is 39.5 Å². The molecule has 0 aliphatic carbocycles. The smallest absolute Gasteiger partial charge is 0.462 e. The van der Waals surface area contributed by atoms with Gasteiger partial charge in [0.05, 0.1) is 26.4 Å². The van der Waals surface area contributed by atoms with Gasteiger partial charge < -0.3 is 33.8 Å². The topological polar surface area (TPSA) is 237 Å². The second-order valence-electron chi connectivity index (χ2n) is 30.0. The number of hydrogen-bond donors (Lipinski definition) is 3. The molecular formula is C82H160O17P2. The van der Waals surface area contributed by atoms with Gasteiger partial charge in [0.25, 0.3) is 0 Å². The first-order valence-corrected chi connectivity index (χ1v) is 45.6. The molecule has 5 atom stereocenters. The number of aliphatic hydroxyl groups is 1. The van der Waals surface area contributed by atoms with Gasteiger partial charge >= 0.3 is 39.5 Å². The fourth-order valence-electron chi connectivity index (χ4n) is 12.8. The van der Waals surface area contributed by atoms with Gasteiger partial charge in [0.15, 0.2) is 12.2 Å². The highest BCUT2D eigenvalue weighted by Crippen LogP contribution is 2.45. The molecule has 0 aliphatic rings. The zero-order chi connectivity index (χ0) is 74.1. The van der Waals surface area contributed by atoms with E-state index in [-0.39, 0.29) is 25.7 Å². The van der Waals surface area contributed by atoms with Gasteiger partial charge in [-0.3, -0.25) is 37.3 Å². The molecule has 0 aromatic heterocycles. The van der Waals surface area contributed by atoms with Crippen LogP contribution in [0, 0.1) is 5.92 Å². The predicted octanol–water partition coefficient (Wildman–Crippen LogP) is 24.8. The Kier molecular flexibility index (Phi) is 73.5. The molecule has 0 aromatic carbocycles. The van der Waals surface area contributed by atoms with Crippen molar-refractivity contribution in [3.05, 3.63) is 0 Å². The van der Waals surface area contributed by atoms with Crippen LogP contribution in [0.25, 0.3) is 0 Å². The second-order valence-corrected chi connectivity index (χ2v) is 32.9. The Hall–Kier alpha value is -1.94. The highest BCUT2D eigenvalue weighted by atomic mass is 31.2. The van der Waals surface area contributed by atoms with Crippen molar-refractivity contribution in [1.29, 1.82) is 0 Å². The van der Waals surface area contributed by atoms with Gasteiger partial charge in [-0.2, -0.15) is 0 Å². The normalized spacial score (nSPS) is 13.8. The van der Waals surface area contributed by atoms with Gasteiger partial charge in [-0.1, -0.05) is 388 Å². The van der Waals surface area contributed by atoms with Crippen molar-refractivity contribution in [2.75, 3.05) is 39.6 Å².